The number of nitrogens with one attached hydrogen (secondary N) is 1. The number of nitrogens with zero attached hydrogens (tertiary/aromatic N) is 6. The first-order chi connectivity index (χ1) is 14.3. The SMILES string of the molecule is CCN(CCc1ncc(-c2cc(Cl)cc(Cl)c2-c2nnn(C)n2)cc1F)C(=O)NN.Cl. The van der Waals surface area contributed by atoms with Crippen LogP contribution in [-0.4, -0.2) is 49.2 Å². The van der Waals surface area contributed by atoms with E-state index in [4.69, 9.17) is 29.0 Å². The fraction of sp³-hybridized carbons (Fsp3) is 0.278. The Balaban J connectivity index is 0.00000341. The van der Waals surface area contributed by atoms with E-state index >= 15 is 0 Å². The highest BCUT2D eigenvalue weighted by molar-refractivity contribution is 6.37. The molecule has 166 valence electrons. The molecular formula is C18H20Cl3FN8O. The molecule has 13 heteroatoms. The molecule has 0 saturated heterocycles. The second kappa shape index (κ2) is 10.7. The lowest BCUT2D eigenvalue weighted by Crippen LogP contribution is -2.44. The number of pyridine rings is 1. The topological polar surface area (TPSA) is 115 Å². The first kappa shape index (κ1) is 24.7. The predicted molar refractivity (Wildman–Crippen MR) is 118 cm³/mol. The smallest absolute Gasteiger partial charge is 0.324 e. The Morgan fingerprint density at radius 1 is 1.32 bits per heavy atom. The summed E-state index contributed by atoms with van der Waals surface area (Å²) in [7, 11) is 1.63. The first-order valence-corrected chi connectivity index (χ1v) is 9.73. The molecule has 1 aromatic carbocycles. The monoisotopic (exact) mass is 488 g/mol. The number of hydrogen-bond acceptors (Lipinski definition) is 6. The van der Waals surface area contributed by atoms with E-state index in [0.29, 0.717) is 33.3 Å². The van der Waals surface area contributed by atoms with Gasteiger partial charge in [-0.2, -0.15) is 4.80 Å². The summed E-state index contributed by atoms with van der Waals surface area (Å²) in [5.74, 6) is 4.91. The van der Waals surface area contributed by atoms with Gasteiger partial charge in [0, 0.05) is 41.9 Å². The molecule has 31 heavy (non-hydrogen) atoms. The summed E-state index contributed by atoms with van der Waals surface area (Å²) in [6.07, 6.45) is 1.74. The van der Waals surface area contributed by atoms with Crippen LogP contribution in [0.1, 0.15) is 12.6 Å². The average molecular weight is 490 g/mol. The molecule has 3 N–H and O–H groups in total. The summed E-state index contributed by atoms with van der Waals surface area (Å²) in [5, 5.41) is 12.7. The summed E-state index contributed by atoms with van der Waals surface area (Å²) in [6.45, 7) is 2.49. The molecule has 2 aromatic heterocycles. The van der Waals surface area contributed by atoms with Crippen molar-refractivity contribution in [1.29, 1.82) is 0 Å². The number of amides is 2. The van der Waals surface area contributed by atoms with Crippen molar-refractivity contribution in [3.63, 3.8) is 0 Å². The molecule has 0 saturated carbocycles. The van der Waals surface area contributed by atoms with Crippen molar-refractivity contribution in [1.82, 2.24) is 35.5 Å². The molecule has 2 heterocycles. The van der Waals surface area contributed by atoms with Crippen LogP contribution >= 0.6 is 35.6 Å². The minimum atomic E-state index is -0.522. The number of halogens is 4. The highest BCUT2D eigenvalue weighted by Gasteiger charge is 2.19. The number of carbonyl (C=O) groups excluding carboxylic acids is 1. The third-order valence-corrected chi connectivity index (χ3v) is 4.94. The van der Waals surface area contributed by atoms with E-state index in [1.807, 2.05) is 0 Å². The summed E-state index contributed by atoms with van der Waals surface area (Å²) < 4.78 is 14.8. The van der Waals surface area contributed by atoms with Gasteiger partial charge in [0.2, 0.25) is 5.82 Å². The fourth-order valence-corrected chi connectivity index (χ4v) is 3.52. The number of urea groups is 1. The van der Waals surface area contributed by atoms with E-state index in [-0.39, 0.29) is 36.9 Å². The lowest BCUT2D eigenvalue weighted by molar-refractivity contribution is 0.201. The zero-order valence-electron chi connectivity index (χ0n) is 16.6. The minimum absolute atomic E-state index is 0. The van der Waals surface area contributed by atoms with Gasteiger partial charge in [0.25, 0.3) is 0 Å². The second-order valence-electron chi connectivity index (χ2n) is 6.34. The molecule has 3 rings (SSSR count). The van der Waals surface area contributed by atoms with Gasteiger partial charge in [0.15, 0.2) is 0 Å². The molecule has 0 spiro atoms. The Morgan fingerprint density at radius 2 is 2.06 bits per heavy atom. The summed E-state index contributed by atoms with van der Waals surface area (Å²) in [6, 6.07) is 4.09. The number of likely N-dealkylation sites (N-methyl/N-ethyl adjacent to an activating group) is 1. The van der Waals surface area contributed by atoms with Crippen molar-refractivity contribution in [3.8, 4) is 22.5 Å². The quantitative estimate of drug-likeness (QED) is 0.312. The van der Waals surface area contributed by atoms with E-state index in [2.05, 4.69) is 25.8 Å². The van der Waals surface area contributed by atoms with Gasteiger partial charge in [-0.15, -0.1) is 22.6 Å². The molecule has 0 aliphatic rings. The fourth-order valence-electron chi connectivity index (χ4n) is 2.95. The zero-order chi connectivity index (χ0) is 21.8. The van der Waals surface area contributed by atoms with Gasteiger partial charge in [0.05, 0.1) is 17.8 Å². The van der Waals surface area contributed by atoms with Crippen LogP contribution in [-0.2, 0) is 13.5 Å². The molecule has 9 nitrogen and oxygen atoms in total. The molecule has 2 amide bonds. The number of carbonyl (C=O) groups is 1. The maximum absolute atomic E-state index is 14.8. The van der Waals surface area contributed by atoms with Gasteiger partial charge >= 0.3 is 6.03 Å². The Morgan fingerprint density at radius 3 is 2.65 bits per heavy atom. The maximum Gasteiger partial charge on any atom is 0.331 e. The number of aromatic nitrogens is 5. The van der Waals surface area contributed by atoms with E-state index < -0.39 is 11.8 Å². The minimum Gasteiger partial charge on any atom is -0.324 e. The van der Waals surface area contributed by atoms with Crippen LogP contribution in [0.5, 0.6) is 0 Å². The summed E-state index contributed by atoms with van der Waals surface area (Å²) >= 11 is 12.5. The highest BCUT2D eigenvalue weighted by Crippen LogP contribution is 2.38. The van der Waals surface area contributed by atoms with Crippen molar-refractivity contribution in [2.45, 2.75) is 13.3 Å². The van der Waals surface area contributed by atoms with Crippen LogP contribution in [0.15, 0.2) is 24.4 Å². The van der Waals surface area contributed by atoms with Crippen molar-refractivity contribution in [3.05, 3.63) is 46.0 Å². The summed E-state index contributed by atoms with van der Waals surface area (Å²) in [4.78, 5) is 18.6. The van der Waals surface area contributed by atoms with Crippen LogP contribution in [0.2, 0.25) is 10.0 Å². The van der Waals surface area contributed by atoms with Gasteiger partial charge < -0.3 is 4.90 Å². The van der Waals surface area contributed by atoms with Crippen molar-refractivity contribution in [2.75, 3.05) is 13.1 Å². The number of nitrogens with two attached hydrogens (primary N) is 1. The van der Waals surface area contributed by atoms with Crippen molar-refractivity contribution in [2.24, 2.45) is 12.9 Å². The highest BCUT2D eigenvalue weighted by atomic mass is 35.5. The van der Waals surface area contributed by atoms with E-state index in [9.17, 15) is 9.18 Å². The predicted octanol–water partition coefficient (Wildman–Crippen LogP) is 3.25. The number of tetrazole rings is 1. The van der Waals surface area contributed by atoms with E-state index in [1.54, 1.807) is 26.1 Å². The maximum atomic E-state index is 14.8. The van der Waals surface area contributed by atoms with Crippen LogP contribution in [0.25, 0.3) is 22.5 Å². The molecule has 0 atom stereocenters. The summed E-state index contributed by atoms with van der Waals surface area (Å²) in [5.41, 5.74) is 3.73. The van der Waals surface area contributed by atoms with Crippen LogP contribution in [0, 0.1) is 5.82 Å². The number of benzene rings is 1. The van der Waals surface area contributed by atoms with E-state index in [0.717, 1.165) is 0 Å². The number of hydrazine groups is 1. The third kappa shape index (κ3) is 5.59. The number of rotatable bonds is 6. The largest absolute Gasteiger partial charge is 0.331 e. The Kier molecular flexibility index (Phi) is 8.52. The zero-order valence-corrected chi connectivity index (χ0v) is 19.0. The van der Waals surface area contributed by atoms with Crippen LogP contribution < -0.4 is 11.3 Å². The molecule has 3 aromatic rings. The van der Waals surface area contributed by atoms with Crippen LogP contribution in [0.3, 0.4) is 0 Å². The Bertz CT molecular complexity index is 1080. The molecule has 0 radical (unpaired) electrons. The van der Waals surface area contributed by atoms with Gasteiger partial charge in [0.1, 0.15) is 5.82 Å². The standard InChI is InChI=1S/C18H19Cl2FN8O.ClH/c1-3-29(18(30)24-22)5-4-15-14(21)6-10(9-23-15)12-7-11(19)8-13(20)16(12)17-25-27-28(2)26-17;/h6-9H,3-5,22H2,1-2H3,(H,24,30);1H. The molecule has 0 aliphatic carbocycles. The average Bonchev–Trinajstić information content (AvgIpc) is 3.14. The van der Waals surface area contributed by atoms with E-state index in [1.165, 1.54) is 22.0 Å². The third-order valence-electron chi connectivity index (χ3n) is 4.43. The van der Waals surface area contributed by atoms with Crippen molar-refractivity contribution < 1.29 is 9.18 Å². The van der Waals surface area contributed by atoms with Gasteiger partial charge in [-0.05, 0) is 35.9 Å². The molecule has 0 unspecified atom stereocenters. The normalized spacial score (nSPS) is 10.5. The molecular weight excluding hydrogens is 470 g/mol. The van der Waals surface area contributed by atoms with Crippen molar-refractivity contribution >= 4 is 41.6 Å². The second-order valence-corrected chi connectivity index (χ2v) is 7.19. The lowest BCUT2D eigenvalue weighted by Gasteiger charge is -2.19. The number of aryl methyl sites for hydroxylation is 1. The molecule has 0 fully saturated rings. The first-order valence-electron chi connectivity index (χ1n) is 8.97. The Labute approximate surface area is 194 Å². The number of hydrogen-bond donors (Lipinski definition) is 2. The van der Waals surface area contributed by atoms with Gasteiger partial charge in [-0.1, -0.05) is 23.2 Å². The van der Waals surface area contributed by atoms with Crippen LogP contribution in [0.4, 0.5) is 9.18 Å². The Hall–Kier alpha value is -2.53. The lowest BCUT2D eigenvalue weighted by atomic mass is 10.00. The van der Waals surface area contributed by atoms with Gasteiger partial charge in [-0.3, -0.25) is 10.4 Å². The molecule has 0 bridgehead atoms. The molecule has 0 aliphatic heterocycles. The van der Waals surface area contributed by atoms with Gasteiger partial charge in [-0.25, -0.2) is 15.0 Å².